The van der Waals surface area contributed by atoms with E-state index in [1.807, 2.05) is 0 Å². The largest absolute Gasteiger partial charge is 0.392 e. The van der Waals surface area contributed by atoms with Gasteiger partial charge in [0.2, 0.25) is 5.91 Å². The number of benzene rings is 1. The number of aliphatic hydroxyl groups is 1. The Hall–Kier alpha value is -1.91. The van der Waals surface area contributed by atoms with Crippen molar-refractivity contribution in [3.63, 3.8) is 0 Å². The number of aromatic nitrogens is 1. The van der Waals surface area contributed by atoms with E-state index < -0.39 is 5.91 Å². The molecule has 1 aromatic carbocycles. The Morgan fingerprint density at radius 3 is 2.72 bits per heavy atom. The summed E-state index contributed by atoms with van der Waals surface area (Å²) in [5, 5.41) is 9.35. The topological polar surface area (TPSA) is 76.2 Å². The van der Waals surface area contributed by atoms with Gasteiger partial charge in [-0.3, -0.25) is 9.78 Å². The fraction of sp³-hybridized carbons (Fsp3) is 0.0769. The average Bonchev–Trinajstić information content (AvgIpc) is 2.38. The summed E-state index contributed by atoms with van der Waals surface area (Å²) in [6.07, 6.45) is 1.61. The molecule has 5 heteroatoms. The minimum atomic E-state index is -0.566. The maximum Gasteiger partial charge on any atom is 0.250 e. The van der Waals surface area contributed by atoms with Gasteiger partial charge in [0.1, 0.15) is 0 Å². The summed E-state index contributed by atoms with van der Waals surface area (Å²) in [6, 6.07) is 8.40. The molecule has 0 atom stereocenters. The van der Waals surface area contributed by atoms with Crippen LogP contribution in [0.15, 0.2) is 36.5 Å². The van der Waals surface area contributed by atoms with Crippen LogP contribution in [0, 0.1) is 0 Å². The van der Waals surface area contributed by atoms with Crippen molar-refractivity contribution in [2.24, 2.45) is 5.73 Å². The van der Waals surface area contributed by atoms with E-state index in [0.29, 0.717) is 5.69 Å². The Morgan fingerprint density at radius 2 is 2.11 bits per heavy atom. The molecule has 0 saturated heterocycles. The number of nitrogens with zero attached hydrogens (tertiary/aromatic N) is 1. The monoisotopic (exact) mass is 262 g/mol. The molecule has 3 N–H and O–H groups in total. The summed E-state index contributed by atoms with van der Waals surface area (Å²) < 4.78 is 0. The molecule has 0 fully saturated rings. The van der Waals surface area contributed by atoms with E-state index in [-0.39, 0.29) is 17.2 Å². The van der Waals surface area contributed by atoms with E-state index in [4.69, 9.17) is 22.4 Å². The lowest BCUT2D eigenvalue weighted by atomic mass is 10.1. The van der Waals surface area contributed by atoms with Gasteiger partial charge in [-0.05, 0) is 29.8 Å². The summed E-state index contributed by atoms with van der Waals surface area (Å²) in [5.41, 5.74) is 7.66. The minimum absolute atomic E-state index is 0.0530. The first-order valence-electron chi connectivity index (χ1n) is 5.27. The quantitative estimate of drug-likeness (QED) is 0.888. The maximum absolute atomic E-state index is 11.1. The van der Waals surface area contributed by atoms with E-state index in [1.165, 1.54) is 0 Å². The van der Waals surface area contributed by atoms with Crippen molar-refractivity contribution in [2.75, 3.05) is 0 Å². The zero-order valence-electron chi connectivity index (χ0n) is 9.43. The zero-order chi connectivity index (χ0) is 13.1. The fourth-order valence-corrected chi connectivity index (χ4v) is 1.88. The van der Waals surface area contributed by atoms with Crippen molar-refractivity contribution in [3.05, 3.63) is 52.7 Å². The molecule has 18 heavy (non-hydrogen) atoms. The van der Waals surface area contributed by atoms with Gasteiger partial charge in [-0.15, -0.1) is 0 Å². The zero-order valence-corrected chi connectivity index (χ0v) is 10.2. The van der Waals surface area contributed by atoms with Gasteiger partial charge in [0.05, 0.1) is 22.9 Å². The second-order valence-corrected chi connectivity index (χ2v) is 4.17. The molecule has 0 unspecified atom stereocenters. The molecular formula is C13H11ClN2O2. The summed E-state index contributed by atoms with van der Waals surface area (Å²) in [4.78, 5) is 15.2. The van der Waals surface area contributed by atoms with Gasteiger partial charge in [0, 0.05) is 11.8 Å². The number of pyridine rings is 1. The highest BCUT2D eigenvalue weighted by Gasteiger charge is 2.08. The van der Waals surface area contributed by atoms with Gasteiger partial charge in [-0.25, -0.2) is 0 Å². The van der Waals surface area contributed by atoms with Gasteiger partial charge in [-0.1, -0.05) is 17.7 Å². The number of amides is 1. The first-order chi connectivity index (χ1) is 8.61. The van der Waals surface area contributed by atoms with E-state index in [2.05, 4.69) is 4.98 Å². The molecule has 1 heterocycles. The van der Waals surface area contributed by atoms with Crippen LogP contribution in [0.5, 0.6) is 0 Å². The summed E-state index contributed by atoms with van der Waals surface area (Å²) in [5.74, 6) is -0.566. The summed E-state index contributed by atoms with van der Waals surface area (Å²) >= 11 is 5.97. The highest BCUT2D eigenvalue weighted by molar-refractivity contribution is 6.34. The third kappa shape index (κ3) is 2.50. The van der Waals surface area contributed by atoms with Crippen LogP contribution in [-0.4, -0.2) is 16.0 Å². The molecule has 0 bridgehead atoms. The first-order valence-corrected chi connectivity index (χ1v) is 5.65. The predicted octanol–water partition coefficient (Wildman–Crippen LogP) is 1.99. The van der Waals surface area contributed by atoms with Gasteiger partial charge < -0.3 is 10.8 Å². The van der Waals surface area contributed by atoms with E-state index in [0.717, 1.165) is 11.1 Å². The van der Waals surface area contributed by atoms with Crippen molar-refractivity contribution < 1.29 is 9.90 Å². The van der Waals surface area contributed by atoms with Gasteiger partial charge in [-0.2, -0.15) is 0 Å². The fourth-order valence-electron chi connectivity index (χ4n) is 1.60. The molecule has 0 aliphatic rings. The highest BCUT2D eigenvalue weighted by atomic mass is 35.5. The number of primary amides is 1. The van der Waals surface area contributed by atoms with Crippen LogP contribution in [-0.2, 0) is 6.61 Å². The van der Waals surface area contributed by atoms with Crippen LogP contribution < -0.4 is 5.73 Å². The van der Waals surface area contributed by atoms with E-state index in [1.54, 1.807) is 36.5 Å². The van der Waals surface area contributed by atoms with E-state index >= 15 is 0 Å². The number of halogens is 1. The summed E-state index contributed by atoms with van der Waals surface area (Å²) in [6.45, 7) is -0.0530. The van der Waals surface area contributed by atoms with Crippen molar-refractivity contribution in [1.82, 2.24) is 4.98 Å². The maximum atomic E-state index is 11.1. The number of carbonyl (C=O) groups excluding carboxylic acids is 1. The van der Waals surface area contributed by atoms with Crippen LogP contribution in [0.3, 0.4) is 0 Å². The third-order valence-electron chi connectivity index (χ3n) is 2.54. The van der Waals surface area contributed by atoms with Gasteiger partial charge in [0.25, 0.3) is 0 Å². The molecule has 92 valence electrons. The van der Waals surface area contributed by atoms with E-state index in [9.17, 15) is 4.79 Å². The van der Waals surface area contributed by atoms with Gasteiger partial charge >= 0.3 is 0 Å². The Labute approximate surface area is 109 Å². The Morgan fingerprint density at radius 1 is 1.33 bits per heavy atom. The van der Waals surface area contributed by atoms with Crippen LogP contribution in [0.2, 0.25) is 5.02 Å². The molecule has 0 radical (unpaired) electrons. The summed E-state index contributed by atoms with van der Waals surface area (Å²) in [7, 11) is 0. The Balaban J connectivity index is 2.45. The third-order valence-corrected chi connectivity index (χ3v) is 2.85. The first kappa shape index (κ1) is 12.5. The number of hydrogen-bond acceptors (Lipinski definition) is 3. The Kier molecular flexibility index (Phi) is 3.60. The number of rotatable bonds is 3. The molecule has 2 aromatic rings. The average molecular weight is 263 g/mol. The molecule has 2 rings (SSSR count). The van der Waals surface area contributed by atoms with Crippen molar-refractivity contribution in [3.8, 4) is 11.3 Å². The van der Waals surface area contributed by atoms with Crippen molar-refractivity contribution >= 4 is 17.5 Å². The normalized spacial score (nSPS) is 10.3. The molecular weight excluding hydrogens is 252 g/mol. The molecule has 0 aliphatic carbocycles. The molecule has 0 spiro atoms. The molecule has 0 saturated carbocycles. The van der Waals surface area contributed by atoms with Crippen LogP contribution >= 0.6 is 11.6 Å². The predicted molar refractivity (Wildman–Crippen MR) is 69.1 cm³/mol. The minimum Gasteiger partial charge on any atom is -0.392 e. The van der Waals surface area contributed by atoms with Crippen LogP contribution in [0.1, 0.15) is 15.9 Å². The SMILES string of the molecule is NC(=O)c1ccc(-c2cc(CO)ccn2)cc1Cl. The molecule has 0 aliphatic heterocycles. The highest BCUT2D eigenvalue weighted by Crippen LogP contribution is 2.24. The molecule has 1 aromatic heterocycles. The number of carbonyl (C=O) groups is 1. The molecule has 1 amide bonds. The number of hydrogen-bond donors (Lipinski definition) is 2. The second kappa shape index (κ2) is 5.16. The Bertz CT molecular complexity index is 599. The second-order valence-electron chi connectivity index (χ2n) is 3.77. The lowest BCUT2D eigenvalue weighted by Gasteiger charge is -2.05. The molecule has 4 nitrogen and oxygen atoms in total. The number of aliphatic hydroxyl groups excluding tert-OH is 1. The van der Waals surface area contributed by atoms with Gasteiger partial charge in [0.15, 0.2) is 0 Å². The van der Waals surface area contributed by atoms with Crippen molar-refractivity contribution in [1.29, 1.82) is 0 Å². The lowest BCUT2D eigenvalue weighted by Crippen LogP contribution is -2.11. The number of nitrogens with two attached hydrogens (primary N) is 1. The standard InChI is InChI=1S/C13H11ClN2O2/c14-11-6-9(1-2-10(11)13(15)18)12-5-8(7-17)3-4-16-12/h1-6,17H,7H2,(H2,15,18). The lowest BCUT2D eigenvalue weighted by molar-refractivity contribution is 0.100. The van der Waals surface area contributed by atoms with Crippen molar-refractivity contribution in [2.45, 2.75) is 6.61 Å². The van der Waals surface area contributed by atoms with Crippen LogP contribution in [0.25, 0.3) is 11.3 Å². The smallest absolute Gasteiger partial charge is 0.250 e. The van der Waals surface area contributed by atoms with Crippen LogP contribution in [0.4, 0.5) is 0 Å².